The standard InChI is InChI=1S/C24H18FN5O2/c25-19-13-11-17(12-14-19)22-18(16-30(29-22)21-9-5-2-6-10-21)15-26-28-24(32)23(31)27-20-7-3-1-4-8-20/h1-16H,(H,27,31)(H,28,32)/b26-15-. The van der Waals surface area contributed by atoms with Crippen molar-refractivity contribution in [3.8, 4) is 16.9 Å². The second-order valence-corrected chi connectivity index (χ2v) is 6.74. The highest BCUT2D eigenvalue weighted by Crippen LogP contribution is 2.23. The highest BCUT2D eigenvalue weighted by molar-refractivity contribution is 6.39. The number of anilines is 1. The summed E-state index contributed by atoms with van der Waals surface area (Å²) in [5.74, 6) is -2.11. The molecule has 0 saturated heterocycles. The maximum absolute atomic E-state index is 13.4. The van der Waals surface area contributed by atoms with Gasteiger partial charge in [0.05, 0.1) is 11.9 Å². The molecule has 8 heteroatoms. The molecule has 0 aliphatic rings. The van der Waals surface area contributed by atoms with E-state index in [-0.39, 0.29) is 5.82 Å². The third-order valence-corrected chi connectivity index (χ3v) is 4.49. The number of amides is 2. The summed E-state index contributed by atoms with van der Waals surface area (Å²) in [6, 6.07) is 24.0. The van der Waals surface area contributed by atoms with E-state index in [1.165, 1.54) is 18.3 Å². The molecule has 2 N–H and O–H groups in total. The lowest BCUT2D eigenvalue weighted by Gasteiger charge is -2.03. The summed E-state index contributed by atoms with van der Waals surface area (Å²) in [6.07, 6.45) is 3.12. The smallest absolute Gasteiger partial charge is 0.318 e. The number of hydrogen-bond acceptors (Lipinski definition) is 4. The van der Waals surface area contributed by atoms with Crippen LogP contribution >= 0.6 is 0 Å². The Hall–Kier alpha value is -4.59. The molecule has 0 atom stereocenters. The fourth-order valence-corrected chi connectivity index (χ4v) is 2.95. The number of rotatable bonds is 5. The van der Waals surface area contributed by atoms with Crippen LogP contribution in [0.25, 0.3) is 16.9 Å². The highest BCUT2D eigenvalue weighted by atomic mass is 19.1. The first-order chi connectivity index (χ1) is 15.6. The monoisotopic (exact) mass is 427 g/mol. The van der Waals surface area contributed by atoms with Crippen LogP contribution in [0.5, 0.6) is 0 Å². The Kier molecular flexibility index (Phi) is 6.12. The van der Waals surface area contributed by atoms with E-state index in [1.54, 1.807) is 53.3 Å². The maximum Gasteiger partial charge on any atom is 0.329 e. The van der Waals surface area contributed by atoms with Gasteiger partial charge >= 0.3 is 11.8 Å². The van der Waals surface area contributed by atoms with Gasteiger partial charge in [0, 0.05) is 23.0 Å². The van der Waals surface area contributed by atoms with Gasteiger partial charge in [-0.3, -0.25) is 9.59 Å². The quantitative estimate of drug-likeness (QED) is 0.289. The number of para-hydroxylation sites is 2. The van der Waals surface area contributed by atoms with Gasteiger partial charge in [-0.2, -0.15) is 10.2 Å². The van der Waals surface area contributed by atoms with Crippen molar-refractivity contribution in [3.05, 3.63) is 103 Å². The molecule has 0 spiro atoms. The van der Waals surface area contributed by atoms with E-state index in [2.05, 4.69) is 20.9 Å². The average molecular weight is 427 g/mol. The lowest BCUT2D eigenvalue weighted by atomic mass is 10.1. The van der Waals surface area contributed by atoms with Crippen LogP contribution in [0, 0.1) is 5.82 Å². The van der Waals surface area contributed by atoms with Gasteiger partial charge < -0.3 is 5.32 Å². The van der Waals surface area contributed by atoms with Crippen LogP contribution in [-0.2, 0) is 9.59 Å². The van der Waals surface area contributed by atoms with Crippen molar-refractivity contribution in [1.82, 2.24) is 15.2 Å². The zero-order valence-corrected chi connectivity index (χ0v) is 16.8. The fourth-order valence-electron chi connectivity index (χ4n) is 2.95. The number of carbonyl (C=O) groups excluding carboxylic acids is 2. The molecule has 32 heavy (non-hydrogen) atoms. The zero-order chi connectivity index (χ0) is 22.3. The highest BCUT2D eigenvalue weighted by Gasteiger charge is 2.14. The Morgan fingerprint density at radius 1 is 0.875 bits per heavy atom. The first kappa shape index (κ1) is 20.7. The molecule has 0 aliphatic carbocycles. The second kappa shape index (κ2) is 9.48. The Balaban J connectivity index is 1.54. The minimum absolute atomic E-state index is 0.358. The van der Waals surface area contributed by atoms with Gasteiger partial charge in [-0.05, 0) is 48.5 Å². The predicted octanol–water partition coefficient (Wildman–Crippen LogP) is 3.77. The van der Waals surface area contributed by atoms with E-state index in [4.69, 9.17) is 0 Å². The number of carbonyl (C=O) groups is 2. The summed E-state index contributed by atoms with van der Waals surface area (Å²) in [4.78, 5) is 24.1. The molecule has 2 amide bonds. The number of nitrogens with one attached hydrogen (secondary N) is 2. The topological polar surface area (TPSA) is 88.4 Å². The van der Waals surface area contributed by atoms with Crippen LogP contribution in [0.2, 0.25) is 0 Å². The van der Waals surface area contributed by atoms with Gasteiger partial charge in [-0.25, -0.2) is 14.5 Å². The van der Waals surface area contributed by atoms with E-state index in [0.29, 0.717) is 22.5 Å². The summed E-state index contributed by atoms with van der Waals surface area (Å²) in [6.45, 7) is 0. The molecule has 0 radical (unpaired) electrons. The Labute approximate surface area is 183 Å². The third-order valence-electron chi connectivity index (χ3n) is 4.49. The molecule has 4 rings (SSSR count). The normalized spacial score (nSPS) is 10.8. The molecule has 0 fully saturated rings. The SMILES string of the molecule is O=C(N/N=C\c1cn(-c2ccccc2)nc1-c1ccc(F)cc1)C(=O)Nc1ccccc1. The number of hydrazone groups is 1. The molecule has 0 unspecified atom stereocenters. The molecule has 158 valence electrons. The number of halogens is 1. The number of nitrogens with zero attached hydrogens (tertiary/aromatic N) is 3. The summed E-state index contributed by atoms with van der Waals surface area (Å²) < 4.78 is 15.0. The minimum atomic E-state index is -0.913. The molecule has 0 bridgehead atoms. The summed E-state index contributed by atoms with van der Waals surface area (Å²) in [7, 11) is 0. The van der Waals surface area contributed by atoms with E-state index < -0.39 is 11.8 Å². The predicted molar refractivity (Wildman–Crippen MR) is 120 cm³/mol. The lowest BCUT2D eigenvalue weighted by molar-refractivity contribution is -0.136. The largest absolute Gasteiger partial charge is 0.329 e. The molecule has 4 aromatic rings. The first-order valence-corrected chi connectivity index (χ1v) is 9.70. The first-order valence-electron chi connectivity index (χ1n) is 9.70. The summed E-state index contributed by atoms with van der Waals surface area (Å²) >= 11 is 0. The molecular formula is C24H18FN5O2. The third kappa shape index (κ3) is 4.93. The van der Waals surface area contributed by atoms with E-state index in [9.17, 15) is 14.0 Å². The van der Waals surface area contributed by atoms with Crippen LogP contribution in [0.15, 0.2) is 96.2 Å². The lowest BCUT2D eigenvalue weighted by Crippen LogP contribution is -2.32. The van der Waals surface area contributed by atoms with Crippen molar-refractivity contribution in [1.29, 1.82) is 0 Å². The minimum Gasteiger partial charge on any atom is -0.318 e. The van der Waals surface area contributed by atoms with Crippen LogP contribution < -0.4 is 10.7 Å². The van der Waals surface area contributed by atoms with Gasteiger partial charge in [0.1, 0.15) is 11.5 Å². The van der Waals surface area contributed by atoms with Crippen LogP contribution in [0.1, 0.15) is 5.56 Å². The van der Waals surface area contributed by atoms with E-state index >= 15 is 0 Å². The molecule has 0 saturated carbocycles. The van der Waals surface area contributed by atoms with Gasteiger partial charge in [-0.15, -0.1) is 0 Å². The molecule has 1 heterocycles. The fraction of sp³-hybridized carbons (Fsp3) is 0. The van der Waals surface area contributed by atoms with Crippen molar-refractivity contribution in [2.75, 3.05) is 5.32 Å². The van der Waals surface area contributed by atoms with Gasteiger partial charge in [0.2, 0.25) is 0 Å². The Morgan fingerprint density at radius 2 is 1.53 bits per heavy atom. The van der Waals surface area contributed by atoms with Crippen molar-refractivity contribution in [2.45, 2.75) is 0 Å². The van der Waals surface area contributed by atoms with E-state index in [1.807, 2.05) is 30.3 Å². The van der Waals surface area contributed by atoms with Crippen LogP contribution in [0.4, 0.5) is 10.1 Å². The van der Waals surface area contributed by atoms with Crippen molar-refractivity contribution in [3.63, 3.8) is 0 Å². The average Bonchev–Trinajstić information content (AvgIpc) is 3.25. The number of aromatic nitrogens is 2. The van der Waals surface area contributed by atoms with Crippen molar-refractivity contribution >= 4 is 23.7 Å². The van der Waals surface area contributed by atoms with Crippen LogP contribution in [-0.4, -0.2) is 27.8 Å². The summed E-state index contributed by atoms with van der Waals surface area (Å²) in [5, 5.41) is 11.0. The van der Waals surface area contributed by atoms with Gasteiger partial charge in [-0.1, -0.05) is 36.4 Å². The maximum atomic E-state index is 13.4. The van der Waals surface area contributed by atoms with Crippen LogP contribution in [0.3, 0.4) is 0 Å². The van der Waals surface area contributed by atoms with Gasteiger partial charge in [0.15, 0.2) is 0 Å². The number of benzene rings is 3. The second-order valence-electron chi connectivity index (χ2n) is 6.74. The zero-order valence-electron chi connectivity index (χ0n) is 16.8. The molecule has 3 aromatic carbocycles. The van der Waals surface area contributed by atoms with E-state index in [0.717, 1.165) is 5.69 Å². The molecule has 1 aromatic heterocycles. The van der Waals surface area contributed by atoms with Crippen molar-refractivity contribution in [2.24, 2.45) is 5.10 Å². The van der Waals surface area contributed by atoms with Gasteiger partial charge in [0.25, 0.3) is 0 Å². The molecule has 7 nitrogen and oxygen atoms in total. The Morgan fingerprint density at radius 3 is 2.22 bits per heavy atom. The molecular weight excluding hydrogens is 409 g/mol. The number of hydrogen-bond donors (Lipinski definition) is 2. The summed E-state index contributed by atoms with van der Waals surface area (Å²) in [5.41, 5.74) is 5.32. The van der Waals surface area contributed by atoms with Crippen molar-refractivity contribution < 1.29 is 14.0 Å². The molecule has 0 aliphatic heterocycles. The Bertz CT molecular complexity index is 1250.